The summed E-state index contributed by atoms with van der Waals surface area (Å²) in [4.78, 5) is 48.2. The molecule has 1 saturated carbocycles. The Morgan fingerprint density at radius 2 is 1.65 bits per heavy atom. The van der Waals surface area contributed by atoms with Crippen molar-refractivity contribution >= 4 is 34.0 Å². The SMILES string of the molecule is COc1cc(C2CC(=O)CC(OC(C)=O)CCC34Cc5c[nH]cc5C(C#CCC3=CC=CC4C)C(c3cccc(O)c3)C3=CCNC(=C3)N(CCC(C)=O)c3ccc4c5c(n2cc35)CC2(CCCC2)C4O)cc(O)c1Oc1cc(O)cc(C2c3ccccc3CCC2C)c1. The number of carbonyl (C=O) groups is 3. The molecule has 2 aliphatic heterocycles. The van der Waals surface area contributed by atoms with Gasteiger partial charge in [-0.2, -0.15) is 0 Å². The molecule has 4 heterocycles. The van der Waals surface area contributed by atoms with Crippen molar-refractivity contribution in [2.45, 2.75) is 154 Å². The fraction of sp³-hybridized carbons (Fsp3) is 0.388. The fourth-order valence-corrected chi connectivity index (χ4v) is 17.5. The molecule has 9 atom stereocenters. The van der Waals surface area contributed by atoms with E-state index in [9.17, 15) is 30.0 Å². The number of benzene rings is 5. The highest BCUT2D eigenvalue weighted by Gasteiger charge is 2.48. The minimum Gasteiger partial charge on any atom is -0.508 e. The molecule has 0 amide bonds. The van der Waals surface area contributed by atoms with Crippen LogP contribution in [-0.2, 0) is 38.4 Å². The van der Waals surface area contributed by atoms with Gasteiger partial charge in [-0.25, -0.2) is 0 Å². The number of phenols is 3. The van der Waals surface area contributed by atoms with Crippen LogP contribution in [0.1, 0.15) is 178 Å². The summed E-state index contributed by atoms with van der Waals surface area (Å²) in [5, 5.41) is 53.5. The van der Waals surface area contributed by atoms with Gasteiger partial charge < -0.3 is 54.4 Å². The molecule has 0 radical (unpaired) electrons. The summed E-state index contributed by atoms with van der Waals surface area (Å²) in [6.07, 6.45) is 23.7. The van der Waals surface area contributed by atoms with Gasteiger partial charge in [-0.3, -0.25) is 14.4 Å². The zero-order valence-corrected chi connectivity index (χ0v) is 54.3. The number of phenolic OH excluding ortho intramolecular Hbond substituents is 3. The van der Waals surface area contributed by atoms with E-state index in [1.165, 1.54) is 36.8 Å². The number of dihydropyridines is 1. The Bertz CT molecular complexity index is 4350. The van der Waals surface area contributed by atoms with Gasteiger partial charge in [0.05, 0.1) is 30.9 Å². The molecular formula is C80H84N4O10. The number of esters is 1. The minimum atomic E-state index is -0.800. The summed E-state index contributed by atoms with van der Waals surface area (Å²) in [5.74, 6) is 7.66. The number of hydrogen-bond donors (Lipinski definition) is 6. The Balaban J connectivity index is 0.962. The Morgan fingerprint density at radius 3 is 2.46 bits per heavy atom. The van der Waals surface area contributed by atoms with Gasteiger partial charge in [-0.05, 0) is 169 Å². The maximum atomic E-state index is 15.7. The number of aromatic nitrogens is 2. The monoisotopic (exact) mass is 1260 g/mol. The van der Waals surface area contributed by atoms with E-state index in [-0.39, 0.29) is 89.2 Å². The molecule has 9 unspecified atom stereocenters. The van der Waals surface area contributed by atoms with Crippen LogP contribution in [0.3, 0.4) is 0 Å². The first-order valence-electron chi connectivity index (χ1n) is 33.7. The van der Waals surface area contributed by atoms with Gasteiger partial charge in [-0.15, -0.1) is 0 Å². The van der Waals surface area contributed by atoms with Crippen LogP contribution in [0.4, 0.5) is 5.69 Å². The summed E-state index contributed by atoms with van der Waals surface area (Å²) in [7, 11) is 1.52. The van der Waals surface area contributed by atoms with E-state index in [0.717, 1.165) is 99.9 Å². The quantitative estimate of drug-likeness (QED) is 0.0561. The Morgan fingerprint density at radius 1 is 0.819 bits per heavy atom. The van der Waals surface area contributed by atoms with E-state index < -0.39 is 35.0 Å². The third kappa shape index (κ3) is 11.5. The summed E-state index contributed by atoms with van der Waals surface area (Å²) in [5.41, 5.74) is 10.6. The lowest BCUT2D eigenvalue weighted by Gasteiger charge is -2.43. The summed E-state index contributed by atoms with van der Waals surface area (Å²) >= 11 is 0. The molecule has 2 aromatic heterocycles. The first-order valence-corrected chi connectivity index (χ1v) is 33.7. The molecule has 5 aromatic carbocycles. The van der Waals surface area contributed by atoms with Gasteiger partial charge >= 0.3 is 5.97 Å². The van der Waals surface area contributed by atoms with Crippen LogP contribution in [0.2, 0.25) is 0 Å². The number of anilines is 1. The second-order valence-electron chi connectivity index (χ2n) is 27.9. The molecule has 5 aliphatic carbocycles. The number of aliphatic hydroxyl groups is 1. The van der Waals surface area contributed by atoms with Crippen LogP contribution in [0.5, 0.6) is 34.5 Å². The zero-order valence-electron chi connectivity index (χ0n) is 54.3. The number of aryl methyl sites for hydroxylation is 1. The predicted octanol–water partition coefficient (Wildman–Crippen LogP) is 15.2. The largest absolute Gasteiger partial charge is 0.508 e. The number of ketones is 2. The molecule has 0 saturated heterocycles. The number of rotatable bonds is 10. The molecule has 14 rings (SSSR count). The van der Waals surface area contributed by atoms with Crippen LogP contribution in [-0.4, -0.2) is 73.8 Å². The topological polar surface area (TPSA) is 196 Å². The number of carbonyl (C=O) groups excluding carboxylic acids is 3. The average molecular weight is 1260 g/mol. The van der Waals surface area contributed by atoms with Crippen LogP contribution >= 0.6 is 0 Å². The van der Waals surface area contributed by atoms with E-state index in [2.05, 4.69) is 131 Å². The maximum Gasteiger partial charge on any atom is 0.302 e. The number of Topliss-reactive ketones (excluding diaryl/α,β-unsaturated/α-hetero) is 2. The number of fused-ring (bicyclic) bond motifs is 4. The van der Waals surface area contributed by atoms with Crippen LogP contribution in [0, 0.1) is 34.5 Å². The number of aliphatic hydroxyl groups excluding tert-OH is 1. The number of aromatic hydroxyl groups is 3. The van der Waals surface area contributed by atoms with Crippen LogP contribution < -0.4 is 19.7 Å². The van der Waals surface area contributed by atoms with Crippen molar-refractivity contribution in [3.63, 3.8) is 0 Å². The number of aromatic amines is 1. The zero-order chi connectivity index (χ0) is 65.2. The lowest BCUT2D eigenvalue weighted by Crippen LogP contribution is -2.36. The number of ether oxygens (including phenoxy) is 3. The van der Waals surface area contributed by atoms with Crippen LogP contribution in [0.25, 0.3) is 10.8 Å². The molecule has 6 N–H and O–H groups in total. The Hall–Kier alpha value is -9.19. The first-order chi connectivity index (χ1) is 45.5. The number of nitrogens with zero attached hydrogens (tertiary/aromatic N) is 2. The maximum absolute atomic E-state index is 15.7. The van der Waals surface area contributed by atoms with Gasteiger partial charge in [0.1, 0.15) is 40.7 Å². The molecule has 94 heavy (non-hydrogen) atoms. The molecule has 14 heteroatoms. The number of nitrogens with one attached hydrogen (secondary N) is 2. The molecule has 7 aromatic rings. The molecule has 1 fully saturated rings. The Labute approximate surface area is 550 Å². The lowest BCUT2D eigenvalue weighted by atomic mass is 9.61. The van der Waals surface area contributed by atoms with Crippen molar-refractivity contribution in [2.24, 2.45) is 22.7 Å². The van der Waals surface area contributed by atoms with Crippen molar-refractivity contribution in [3.05, 3.63) is 207 Å². The van der Waals surface area contributed by atoms with Gasteiger partial charge in [0.2, 0.25) is 5.75 Å². The van der Waals surface area contributed by atoms with Crippen LogP contribution in [0.15, 0.2) is 157 Å². The molecule has 7 aliphatic rings. The highest BCUT2D eigenvalue weighted by Crippen LogP contribution is 2.58. The summed E-state index contributed by atoms with van der Waals surface area (Å²) in [6.45, 7) is 8.22. The van der Waals surface area contributed by atoms with Crippen molar-refractivity contribution in [2.75, 3.05) is 25.1 Å². The smallest absolute Gasteiger partial charge is 0.302 e. The van der Waals surface area contributed by atoms with E-state index in [1.807, 2.05) is 30.3 Å². The van der Waals surface area contributed by atoms with Crippen molar-refractivity contribution in [1.82, 2.24) is 14.9 Å². The lowest BCUT2D eigenvalue weighted by molar-refractivity contribution is -0.148. The van der Waals surface area contributed by atoms with E-state index in [0.29, 0.717) is 56.5 Å². The molecule has 6 bridgehead atoms. The van der Waals surface area contributed by atoms with Gasteiger partial charge in [0, 0.05) is 109 Å². The number of allylic oxidation sites excluding steroid dienone is 6. The van der Waals surface area contributed by atoms with E-state index >= 15 is 4.79 Å². The minimum absolute atomic E-state index is 0.00170. The van der Waals surface area contributed by atoms with Gasteiger partial charge in [0.25, 0.3) is 0 Å². The normalized spacial score (nSPS) is 25.4. The third-order valence-corrected chi connectivity index (χ3v) is 22.1. The van der Waals surface area contributed by atoms with E-state index in [4.69, 9.17) is 14.2 Å². The average Bonchev–Trinajstić information content (AvgIpc) is 1.53. The third-order valence-electron chi connectivity index (χ3n) is 22.1. The second-order valence-corrected chi connectivity index (χ2v) is 27.9. The van der Waals surface area contributed by atoms with E-state index in [1.54, 1.807) is 25.1 Å². The fourth-order valence-electron chi connectivity index (χ4n) is 17.5. The molecular weight excluding hydrogens is 1180 g/mol. The molecule has 2 spiro atoms. The molecule has 14 nitrogen and oxygen atoms in total. The highest BCUT2D eigenvalue weighted by molar-refractivity contribution is 6.00. The van der Waals surface area contributed by atoms with Crippen molar-refractivity contribution in [1.29, 1.82) is 0 Å². The summed E-state index contributed by atoms with van der Waals surface area (Å²) < 4.78 is 21.3. The van der Waals surface area contributed by atoms with Crippen molar-refractivity contribution < 1.29 is 49.0 Å². The predicted molar refractivity (Wildman–Crippen MR) is 363 cm³/mol. The van der Waals surface area contributed by atoms with Gasteiger partial charge in [0.15, 0.2) is 11.5 Å². The number of H-pyrrole nitrogens is 1. The van der Waals surface area contributed by atoms with Gasteiger partial charge in [-0.1, -0.05) is 111 Å². The second kappa shape index (κ2) is 25.3. The summed E-state index contributed by atoms with van der Waals surface area (Å²) in [6, 6.07) is 27.9. The standard InChI is InChI=1S/C80H84N4O10/c1-47-21-22-51-14-6-7-19-63(51)74(47)55-34-59(88)40-62(35-55)94-77-71(90)36-54(37-72(77)92-5)69-41-60(89)39-61(93-50(4)86)25-30-80-42-56-44-81-45-66(56)64(20-12-17-57(80)16-10-13-48(80)2)75(52-15-11-18-58(87)33-52)53-26-31-82-73(38-53)83(32-27-49(3)85)68-24-23-65-76-67(68)46-84(69)70(76)43-79(78(65)91)28-8-9-29-79/h6-7,10-11,13-16,18-19,23-24,26,33-38,40,44-48,61,64,69,74-75,78,81-82,87-88,90-91H,8-9,17,21-22,25,27-32,39,41-43H2,1-5H3. The Kier molecular flexibility index (Phi) is 16.7. The van der Waals surface area contributed by atoms with Crippen molar-refractivity contribution in [3.8, 4) is 46.3 Å². The highest BCUT2D eigenvalue weighted by atomic mass is 16.5. The number of hydrogen-bond acceptors (Lipinski definition) is 12. The first kappa shape index (κ1) is 62.3. The number of methoxy groups -OCH3 is 1. The molecule has 484 valence electrons.